The molecule has 15 heteroatoms. The normalized spacial score (nSPS) is 11.9. The molecule has 50 heavy (non-hydrogen) atoms. The highest BCUT2D eigenvalue weighted by Crippen LogP contribution is 2.39. The van der Waals surface area contributed by atoms with Crippen molar-refractivity contribution in [2.24, 2.45) is 0 Å². The molecule has 0 N–H and O–H groups in total. The Kier molecular flexibility index (Phi) is 10.3. The monoisotopic (exact) mass is 712 g/mol. The Hall–Kier alpha value is -5.21. The summed E-state index contributed by atoms with van der Waals surface area (Å²) < 4.78 is 163. The van der Waals surface area contributed by atoms with E-state index < -0.39 is 81.1 Å². The number of unbranched alkanes of at least 4 members (excludes halogenated alkanes) is 2. The number of hydrogen-bond donors (Lipinski definition) is 0. The first kappa shape index (κ1) is 36.1. The lowest BCUT2D eigenvalue weighted by atomic mass is 10.00. The van der Waals surface area contributed by atoms with E-state index in [1.54, 1.807) is 12.4 Å². The molecule has 1 aromatic heterocycles. The Morgan fingerprint density at radius 3 is 1.62 bits per heavy atom. The van der Waals surface area contributed by atoms with E-state index in [0.717, 1.165) is 37.3 Å². The van der Waals surface area contributed by atoms with Gasteiger partial charge in [-0.2, -0.15) is 8.78 Å². The zero-order valence-corrected chi connectivity index (χ0v) is 25.6. The first-order chi connectivity index (χ1) is 23.6. The molecule has 5 aromatic rings. The molecule has 0 spiro atoms. The van der Waals surface area contributed by atoms with Gasteiger partial charge in [-0.05, 0) is 72.0 Å². The number of aromatic nitrogens is 2. The van der Waals surface area contributed by atoms with Crippen molar-refractivity contribution in [2.75, 3.05) is 0 Å². The van der Waals surface area contributed by atoms with Crippen molar-refractivity contribution in [1.29, 1.82) is 0 Å². The molecule has 0 radical (unpaired) electrons. The van der Waals surface area contributed by atoms with Crippen LogP contribution in [0, 0.1) is 34.9 Å². The van der Waals surface area contributed by atoms with E-state index in [2.05, 4.69) is 26.4 Å². The molecular formula is C35H23F11N2O2. The lowest BCUT2D eigenvalue weighted by molar-refractivity contribution is -0.276. The van der Waals surface area contributed by atoms with Crippen molar-refractivity contribution < 1.29 is 57.8 Å². The number of ether oxygens (including phenoxy) is 2. The fourth-order valence-corrected chi connectivity index (χ4v) is 5.03. The van der Waals surface area contributed by atoms with Gasteiger partial charge in [0, 0.05) is 35.2 Å². The maximum atomic E-state index is 15.1. The number of nitrogens with zero attached hydrogens (tertiary/aromatic N) is 2. The second-order valence-corrected chi connectivity index (χ2v) is 11.0. The highest BCUT2D eigenvalue weighted by Gasteiger charge is 2.41. The van der Waals surface area contributed by atoms with Crippen molar-refractivity contribution in [2.45, 2.75) is 45.1 Å². The number of benzene rings is 4. The van der Waals surface area contributed by atoms with Gasteiger partial charge >= 0.3 is 12.5 Å². The third kappa shape index (κ3) is 8.14. The number of alkyl halides is 5. The van der Waals surface area contributed by atoms with Crippen molar-refractivity contribution >= 4 is 0 Å². The molecule has 0 atom stereocenters. The fraction of sp³-hybridized carbons (Fsp3) is 0.200. The maximum Gasteiger partial charge on any atom is 0.573 e. The van der Waals surface area contributed by atoms with Crippen LogP contribution in [0.15, 0.2) is 73.1 Å². The van der Waals surface area contributed by atoms with Crippen LogP contribution in [0.4, 0.5) is 48.3 Å². The Morgan fingerprint density at radius 2 is 1.10 bits per heavy atom. The van der Waals surface area contributed by atoms with Crippen LogP contribution in [0.25, 0.3) is 33.6 Å². The smallest absolute Gasteiger partial charge is 0.429 e. The number of aryl methyl sites for hydroxylation is 1. The van der Waals surface area contributed by atoms with Gasteiger partial charge in [0.2, 0.25) is 5.75 Å². The summed E-state index contributed by atoms with van der Waals surface area (Å²) in [4.78, 5) is 8.46. The van der Waals surface area contributed by atoms with Crippen molar-refractivity contribution in [1.82, 2.24) is 9.97 Å². The van der Waals surface area contributed by atoms with Crippen LogP contribution in [0.2, 0.25) is 0 Å². The minimum Gasteiger partial charge on any atom is -0.429 e. The van der Waals surface area contributed by atoms with E-state index in [0.29, 0.717) is 42.5 Å². The van der Waals surface area contributed by atoms with Crippen LogP contribution in [0.5, 0.6) is 11.5 Å². The molecule has 262 valence electrons. The summed E-state index contributed by atoms with van der Waals surface area (Å²) in [5.41, 5.74) is -2.79. The van der Waals surface area contributed by atoms with Crippen molar-refractivity contribution in [3.05, 3.63) is 119 Å². The maximum absolute atomic E-state index is 15.1. The van der Waals surface area contributed by atoms with Crippen LogP contribution in [-0.4, -0.2) is 16.3 Å². The lowest BCUT2D eigenvalue weighted by Crippen LogP contribution is -2.25. The largest absolute Gasteiger partial charge is 0.573 e. The zero-order chi connectivity index (χ0) is 36.4. The highest BCUT2D eigenvalue weighted by molar-refractivity contribution is 5.69. The van der Waals surface area contributed by atoms with Crippen LogP contribution in [0.3, 0.4) is 0 Å². The molecule has 0 aliphatic carbocycles. The van der Waals surface area contributed by atoms with Gasteiger partial charge in [0.1, 0.15) is 34.6 Å². The third-order valence-corrected chi connectivity index (χ3v) is 7.36. The van der Waals surface area contributed by atoms with Crippen LogP contribution >= 0.6 is 0 Å². The average Bonchev–Trinajstić information content (AvgIpc) is 3.02. The molecule has 0 aliphatic heterocycles. The van der Waals surface area contributed by atoms with Gasteiger partial charge in [-0.1, -0.05) is 31.9 Å². The van der Waals surface area contributed by atoms with Crippen LogP contribution in [0.1, 0.15) is 37.3 Å². The molecule has 5 rings (SSSR count). The second-order valence-electron chi connectivity index (χ2n) is 11.0. The van der Waals surface area contributed by atoms with E-state index in [1.165, 1.54) is 12.1 Å². The predicted molar refractivity (Wildman–Crippen MR) is 159 cm³/mol. The number of rotatable bonds is 11. The minimum atomic E-state index is -5.43. The van der Waals surface area contributed by atoms with Crippen molar-refractivity contribution in [3.8, 4) is 45.1 Å². The molecule has 0 aliphatic rings. The number of halogens is 11. The summed E-state index contributed by atoms with van der Waals surface area (Å²) in [7, 11) is 0. The van der Waals surface area contributed by atoms with E-state index in [-0.39, 0.29) is 17.0 Å². The minimum absolute atomic E-state index is 0.191. The second kappa shape index (κ2) is 14.3. The van der Waals surface area contributed by atoms with Gasteiger partial charge in [0.25, 0.3) is 0 Å². The third-order valence-electron chi connectivity index (χ3n) is 7.36. The Labute approximate surface area is 277 Å². The lowest BCUT2D eigenvalue weighted by Gasteiger charge is -2.20. The van der Waals surface area contributed by atoms with Crippen LogP contribution in [-0.2, 0) is 12.5 Å². The van der Waals surface area contributed by atoms with Crippen LogP contribution < -0.4 is 9.47 Å². The Bertz CT molecular complexity index is 1970. The summed E-state index contributed by atoms with van der Waals surface area (Å²) in [6, 6.07) is 6.74. The molecule has 0 saturated carbocycles. The standard InChI is InChI=1S/C35H23F11N2O2/c1-2-3-4-5-18-16-47-33(48-17-18)19-6-8-23(25(36)10-19)20-11-27(38)31(28(39)12-20)34(42,43)49-22-7-9-24(26(37)15-22)21-13-29(40)32(30(41)14-21)50-35(44,45)46/h6-17H,2-5H2,1H3. The molecule has 4 aromatic carbocycles. The molecule has 0 fully saturated rings. The molecule has 4 nitrogen and oxygen atoms in total. The SMILES string of the molecule is CCCCCc1cnc(-c2ccc(-c3cc(F)c(C(F)(F)Oc4ccc(-c5cc(F)c(OC(F)(F)F)c(F)c5)c(F)c4)c(F)c3)c(F)c2)nc1. The first-order valence-electron chi connectivity index (χ1n) is 14.8. The molecule has 0 amide bonds. The summed E-state index contributed by atoms with van der Waals surface area (Å²) >= 11 is 0. The Morgan fingerprint density at radius 1 is 0.580 bits per heavy atom. The molecule has 1 heterocycles. The molecule has 0 bridgehead atoms. The summed E-state index contributed by atoms with van der Waals surface area (Å²) in [5, 5.41) is 0. The predicted octanol–water partition coefficient (Wildman–Crippen LogP) is 11.1. The molecular weight excluding hydrogens is 689 g/mol. The summed E-state index contributed by atoms with van der Waals surface area (Å²) in [6.07, 6.45) is -3.16. The quantitative estimate of drug-likeness (QED) is 0.101. The van der Waals surface area contributed by atoms with Crippen molar-refractivity contribution in [3.63, 3.8) is 0 Å². The summed E-state index contributed by atoms with van der Waals surface area (Å²) in [5.74, 6) is -12.3. The average molecular weight is 713 g/mol. The zero-order valence-electron chi connectivity index (χ0n) is 25.6. The topological polar surface area (TPSA) is 44.2 Å². The highest BCUT2D eigenvalue weighted by atomic mass is 19.4. The van der Waals surface area contributed by atoms with Gasteiger partial charge < -0.3 is 9.47 Å². The van der Waals surface area contributed by atoms with Gasteiger partial charge in [-0.3, -0.25) is 0 Å². The number of hydrogen-bond acceptors (Lipinski definition) is 4. The summed E-state index contributed by atoms with van der Waals surface area (Å²) in [6.45, 7) is 2.07. The van der Waals surface area contributed by atoms with Gasteiger partial charge in [0.15, 0.2) is 17.5 Å². The van der Waals surface area contributed by atoms with E-state index in [4.69, 9.17) is 0 Å². The first-order valence-corrected chi connectivity index (χ1v) is 14.8. The molecule has 0 unspecified atom stereocenters. The van der Waals surface area contributed by atoms with E-state index in [9.17, 15) is 26.3 Å². The van der Waals surface area contributed by atoms with Gasteiger partial charge in [0.05, 0.1) is 0 Å². The molecule has 0 saturated heterocycles. The fourth-order valence-electron chi connectivity index (χ4n) is 5.03. The van der Waals surface area contributed by atoms with E-state index in [1.807, 2.05) is 0 Å². The van der Waals surface area contributed by atoms with Gasteiger partial charge in [-0.25, -0.2) is 36.3 Å². The van der Waals surface area contributed by atoms with Gasteiger partial charge in [-0.15, -0.1) is 13.2 Å². The van der Waals surface area contributed by atoms with E-state index >= 15 is 22.0 Å². The Balaban J connectivity index is 1.35.